The summed E-state index contributed by atoms with van der Waals surface area (Å²) in [6.07, 6.45) is 5.49. The highest BCUT2D eigenvalue weighted by Crippen LogP contribution is 2.61. The van der Waals surface area contributed by atoms with Gasteiger partial charge in [-0.1, -0.05) is 32.4 Å². The molecule has 2 aromatic rings. The van der Waals surface area contributed by atoms with Crippen LogP contribution in [0.4, 0.5) is 5.69 Å². The lowest BCUT2D eigenvalue weighted by Crippen LogP contribution is -2.58. The number of pyridine rings is 1. The van der Waals surface area contributed by atoms with Gasteiger partial charge in [0.15, 0.2) is 0 Å². The number of carbonyl (C=O) groups excluding carboxylic acids is 1. The summed E-state index contributed by atoms with van der Waals surface area (Å²) in [5.74, 6) is 1.99. The Labute approximate surface area is 192 Å². The fourth-order valence-electron chi connectivity index (χ4n) is 5.28. The molecule has 3 fully saturated rings. The van der Waals surface area contributed by atoms with Gasteiger partial charge in [-0.05, 0) is 47.6 Å². The van der Waals surface area contributed by atoms with Crippen LogP contribution in [-0.4, -0.2) is 33.8 Å². The molecule has 3 saturated carbocycles. The molecule has 0 unspecified atom stereocenters. The number of hydrogen-bond donors (Lipinski definition) is 2. The highest BCUT2D eigenvalue weighted by molar-refractivity contribution is 6.32. The van der Waals surface area contributed by atoms with Gasteiger partial charge in [0.1, 0.15) is 11.6 Å². The maximum Gasteiger partial charge on any atom is 0.288 e. The number of methoxy groups -OCH3 is 1. The van der Waals surface area contributed by atoms with Crippen molar-refractivity contribution in [2.45, 2.75) is 52.7 Å². The van der Waals surface area contributed by atoms with Crippen molar-refractivity contribution in [2.75, 3.05) is 12.4 Å². The van der Waals surface area contributed by atoms with E-state index in [2.05, 4.69) is 41.5 Å². The Morgan fingerprint density at radius 3 is 2.84 bits per heavy atom. The number of rotatable bonds is 7. The van der Waals surface area contributed by atoms with Crippen molar-refractivity contribution >= 4 is 23.2 Å². The minimum Gasteiger partial charge on any atom is -0.481 e. The molecule has 4 atom stereocenters. The lowest BCUT2D eigenvalue weighted by atomic mass is 9.45. The van der Waals surface area contributed by atoms with Gasteiger partial charge < -0.3 is 15.4 Å². The van der Waals surface area contributed by atoms with Crippen LogP contribution >= 0.6 is 11.6 Å². The van der Waals surface area contributed by atoms with Crippen molar-refractivity contribution in [3.8, 4) is 5.88 Å². The van der Waals surface area contributed by atoms with Crippen molar-refractivity contribution < 1.29 is 9.53 Å². The molecule has 0 aromatic carbocycles. The lowest BCUT2D eigenvalue weighted by Gasteiger charge is -2.62. The predicted octanol–water partition coefficient (Wildman–Crippen LogP) is 3.10. The minimum atomic E-state index is -0.480. The number of aromatic nitrogens is 3. The molecule has 2 N–H and O–H groups in total. The van der Waals surface area contributed by atoms with Crippen molar-refractivity contribution in [2.24, 2.45) is 23.2 Å². The smallest absolute Gasteiger partial charge is 0.288 e. The number of ether oxygens (including phenoxy) is 1. The van der Waals surface area contributed by atoms with E-state index in [0.717, 1.165) is 16.7 Å². The normalized spacial score (nSPS) is 25.5. The number of nitrogens with zero attached hydrogens (tertiary/aromatic N) is 3. The summed E-state index contributed by atoms with van der Waals surface area (Å²) >= 11 is 6.37. The lowest BCUT2D eigenvalue weighted by molar-refractivity contribution is -0.122. The van der Waals surface area contributed by atoms with Crippen LogP contribution in [0.1, 0.15) is 39.2 Å². The van der Waals surface area contributed by atoms with Crippen molar-refractivity contribution in [1.82, 2.24) is 20.1 Å². The standard InChI is InChI=1S/C23H30ClN5O3/c1-13-16-8-15(23(16,2)3)9-17(13)28-18-11-27-29(22(31)21(18)24)12-19(30)26-10-14-5-6-25-20(7-14)32-4/h5-7,11,13,15-17,28H,8-10,12H2,1-4H3,(H,26,30)/t13-,15+,16-,17-/m1/s1. The molecule has 1 amide bonds. The first-order valence-electron chi connectivity index (χ1n) is 11.0. The molecular weight excluding hydrogens is 430 g/mol. The van der Waals surface area contributed by atoms with E-state index in [0.29, 0.717) is 34.7 Å². The molecule has 0 aliphatic heterocycles. The number of nitrogens with one attached hydrogen (secondary N) is 2. The third-order valence-corrected chi connectivity index (χ3v) is 7.84. The van der Waals surface area contributed by atoms with Crippen LogP contribution in [-0.2, 0) is 17.9 Å². The third kappa shape index (κ3) is 4.20. The Kier molecular flexibility index (Phi) is 6.16. The average Bonchev–Trinajstić information content (AvgIpc) is 2.78. The largest absolute Gasteiger partial charge is 0.481 e. The number of carbonyl (C=O) groups is 1. The van der Waals surface area contributed by atoms with Gasteiger partial charge in [0.05, 0.1) is 19.0 Å². The van der Waals surface area contributed by atoms with Crippen LogP contribution in [0.3, 0.4) is 0 Å². The Morgan fingerprint density at radius 1 is 1.38 bits per heavy atom. The summed E-state index contributed by atoms with van der Waals surface area (Å²) in [5, 5.41) is 10.5. The molecule has 0 radical (unpaired) electrons. The van der Waals surface area contributed by atoms with Crippen LogP contribution in [0.15, 0.2) is 29.3 Å². The fourth-order valence-corrected chi connectivity index (χ4v) is 5.48. The van der Waals surface area contributed by atoms with Gasteiger partial charge in [0.2, 0.25) is 11.8 Å². The van der Waals surface area contributed by atoms with E-state index in [9.17, 15) is 9.59 Å². The first-order valence-corrected chi connectivity index (χ1v) is 11.4. The summed E-state index contributed by atoms with van der Waals surface area (Å²) in [6.45, 7) is 7.05. The molecule has 0 spiro atoms. The molecule has 0 saturated heterocycles. The van der Waals surface area contributed by atoms with Crippen molar-refractivity contribution in [1.29, 1.82) is 0 Å². The summed E-state index contributed by atoms with van der Waals surface area (Å²) in [4.78, 5) is 29.1. The van der Waals surface area contributed by atoms with Crippen LogP contribution in [0, 0.1) is 23.2 Å². The van der Waals surface area contributed by atoms with E-state index in [-0.39, 0.29) is 30.1 Å². The first kappa shape index (κ1) is 22.6. The second kappa shape index (κ2) is 8.73. The van der Waals surface area contributed by atoms with Crippen LogP contribution in [0.2, 0.25) is 5.02 Å². The minimum absolute atomic E-state index is 0.0670. The zero-order chi connectivity index (χ0) is 23.0. The van der Waals surface area contributed by atoms with Crippen LogP contribution in [0.25, 0.3) is 0 Å². The number of anilines is 1. The molecule has 2 aromatic heterocycles. The Morgan fingerprint density at radius 2 is 2.16 bits per heavy atom. The Balaban J connectivity index is 1.37. The fraction of sp³-hybridized carbons (Fsp3) is 0.565. The predicted molar refractivity (Wildman–Crippen MR) is 123 cm³/mol. The highest BCUT2D eigenvalue weighted by Gasteiger charge is 2.56. The van der Waals surface area contributed by atoms with Gasteiger partial charge in [-0.3, -0.25) is 9.59 Å². The van der Waals surface area contributed by atoms with Gasteiger partial charge in [0, 0.05) is 24.8 Å². The second-order valence-corrected chi connectivity index (χ2v) is 9.90. The molecule has 8 nitrogen and oxygen atoms in total. The van der Waals surface area contributed by atoms with Gasteiger partial charge in [-0.2, -0.15) is 5.10 Å². The van der Waals surface area contributed by atoms with Crippen LogP contribution in [0.5, 0.6) is 5.88 Å². The molecule has 172 valence electrons. The topological polar surface area (TPSA) is 98.1 Å². The maximum atomic E-state index is 12.7. The highest BCUT2D eigenvalue weighted by atomic mass is 35.5. The SMILES string of the molecule is COc1cc(CNC(=O)Cn2ncc(N[C@@H]3C[C@@H]4C[C@H]([C@H]3C)C4(C)C)c(Cl)c2=O)ccn1. The van der Waals surface area contributed by atoms with Crippen LogP contribution < -0.4 is 20.9 Å². The van der Waals surface area contributed by atoms with E-state index >= 15 is 0 Å². The van der Waals surface area contributed by atoms with Crippen molar-refractivity contribution in [3.05, 3.63) is 45.5 Å². The monoisotopic (exact) mass is 459 g/mol. The molecular formula is C23H30ClN5O3. The molecule has 3 aliphatic rings. The number of hydrogen-bond acceptors (Lipinski definition) is 6. The molecule has 9 heteroatoms. The van der Waals surface area contributed by atoms with Gasteiger partial charge >= 0.3 is 0 Å². The molecule has 32 heavy (non-hydrogen) atoms. The third-order valence-electron chi connectivity index (χ3n) is 7.47. The Hall–Kier alpha value is -2.61. The average molecular weight is 460 g/mol. The molecule has 5 rings (SSSR count). The zero-order valence-electron chi connectivity index (χ0n) is 18.9. The quantitative estimate of drug-likeness (QED) is 0.660. The number of fused-ring (bicyclic) bond motifs is 2. The molecule has 2 bridgehead atoms. The maximum absolute atomic E-state index is 12.7. The second-order valence-electron chi connectivity index (χ2n) is 9.52. The molecule has 3 aliphatic carbocycles. The van der Waals surface area contributed by atoms with Crippen molar-refractivity contribution in [3.63, 3.8) is 0 Å². The van der Waals surface area contributed by atoms with Gasteiger partial charge in [0.25, 0.3) is 5.56 Å². The van der Waals surface area contributed by atoms with Gasteiger partial charge in [-0.25, -0.2) is 9.67 Å². The summed E-state index contributed by atoms with van der Waals surface area (Å²) < 4.78 is 6.16. The molecule has 2 heterocycles. The summed E-state index contributed by atoms with van der Waals surface area (Å²) in [5.41, 5.74) is 1.28. The zero-order valence-corrected chi connectivity index (χ0v) is 19.6. The van der Waals surface area contributed by atoms with E-state index in [1.54, 1.807) is 24.5 Å². The van der Waals surface area contributed by atoms with E-state index in [1.807, 2.05) is 0 Å². The summed E-state index contributed by atoms with van der Waals surface area (Å²) in [7, 11) is 1.53. The van der Waals surface area contributed by atoms with E-state index < -0.39 is 5.56 Å². The van der Waals surface area contributed by atoms with Gasteiger partial charge in [-0.15, -0.1) is 0 Å². The first-order chi connectivity index (χ1) is 15.2. The summed E-state index contributed by atoms with van der Waals surface area (Å²) in [6, 6.07) is 3.78. The number of halogens is 1. The van der Waals surface area contributed by atoms with E-state index in [1.165, 1.54) is 13.5 Å². The Bertz CT molecular complexity index is 1070. The van der Waals surface area contributed by atoms with E-state index in [4.69, 9.17) is 16.3 Å². The number of amides is 1.